The summed E-state index contributed by atoms with van der Waals surface area (Å²) in [7, 11) is 0. The summed E-state index contributed by atoms with van der Waals surface area (Å²) >= 11 is 12.4. The molecule has 0 saturated heterocycles. The highest BCUT2D eigenvalue weighted by Gasteiger charge is 2.21. The molecule has 0 radical (unpaired) electrons. The molecule has 10 heteroatoms. The van der Waals surface area contributed by atoms with Gasteiger partial charge in [0.05, 0.1) is 27.6 Å². The number of carbonyl (C=O) groups is 1. The van der Waals surface area contributed by atoms with E-state index < -0.39 is 11.5 Å². The zero-order chi connectivity index (χ0) is 21.0. The second-order valence-electron chi connectivity index (χ2n) is 6.07. The zero-order valence-electron chi connectivity index (χ0n) is 15.4. The van der Waals surface area contributed by atoms with Gasteiger partial charge in [-0.25, -0.2) is 4.98 Å². The maximum absolute atomic E-state index is 13.0. The topological polar surface area (TPSA) is 115 Å². The SMILES string of the molecule is CCNCc1cncc(NC(=O)c2c(N)ncn(-c3c(Cl)cccc3Cl)c2=O)c1. The maximum Gasteiger partial charge on any atom is 0.273 e. The van der Waals surface area contributed by atoms with Crippen LogP contribution in [-0.2, 0) is 6.54 Å². The van der Waals surface area contributed by atoms with Crippen molar-refractivity contribution in [1.29, 1.82) is 0 Å². The molecule has 1 aromatic carbocycles. The molecular weight excluding hydrogens is 415 g/mol. The molecule has 0 bridgehead atoms. The van der Waals surface area contributed by atoms with Gasteiger partial charge in [0.15, 0.2) is 0 Å². The minimum atomic E-state index is -0.708. The van der Waals surface area contributed by atoms with Crippen LogP contribution in [0.3, 0.4) is 0 Å². The summed E-state index contributed by atoms with van der Waals surface area (Å²) in [5.74, 6) is -0.913. The van der Waals surface area contributed by atoms with E-state index in [1.54, 1.807) is 30.5 Å². The number of carbonyl (C=O) groups excluding carboxylic acids is 1. The number of nitrogen functional groups attached to an aromatic ring is 1. The van der Waals surface area contributed by atoms with E-state index in [0.29, 0.717) is 12.2 Å². The van der Waals surface area contributed by atoms with Gasteiger partial charge in [0.2, 0.25) is 0 Å². The number of benzene rings is 1. The number of rotatable bonds is 6. The smallest absolute Gasteiger partial charge is 0.273 e. The zero-order valence-corrected chi connectivity index (χ0v) is 17.0. The van der Waals surface area contributed by atoms with Gasteiger partial charge in [0.25, 0.3) is 11.5 Å². The van der Waals surface area contributed by atoms with E-state index in [0.717, 1.165) is 16.7 Å². The van der Waals surface area contributed by atoms with Crippen molar-refractivity contribution in [1.82, 2.24) is 19.9 Å². The quantitative estimate of drug-likeness (QED) is 0.551. The number of pyridine rings is 1. The van der Waals surface area contributed by atoms with Gasteiger partial charge in [0, 0.05) is 12.7 Å². The molecule has 0 unspecified atom stereocenters. The molecule has 0 saturated carbocycles. The van der Waals surface area contributed by atoms with Gasteiger partial charge < -0.3 is 16.4 Å². The Morgan fingerprint density at radius 1 is 1.24 bits per heavy atom. The molecule has 3 aromatic rings. The molecule has 0 spiro atoms. The molecule has 2 heterocycles. The van der Waals surface area contributed by atoms with Gasteiger partial charge in [-0.3, -0.25) is 19.1 Å². The highest BCUT2D eigenvalue weighted by molar-refractivity contribution is 6.37. The molecule has 0 aliphatic rings. The van der Waals surface area contributed by atoms with E-state index in [1.165, 1.54) is 12.5 Å². The fraction of sp³-hybridized carbons (Fsp3) is 0.158. The van der Waals surface area contributed by atoms with Crippen molar-refractivity contribution in [2.75, 3.05) is 17.6 Å². The first-order chi connectivity index (χ1) is 13.9. The van der Waals surface area contributed by atoms with Crippen LogP contribution < -0.4 is 21.9 Å². The van der Waals surface area contributed by atoms with Crippen LogP contribution >= 0.6 is 23.2 Å². The lowest BCUT2D eigenvalue weighted by molar-refractivity contribution is 0.102. The molecule has 8 nitrogen and oxygen atoms in total. The lowest BCUT2D eigenvalue weighted by Gasteiger charge is -2.13. The molecular formula is C19H18Cl2N6O2. The summed E-state index contributed by atoms with van der Waals surface area (Å²) in [6.45, 7) is 3.38. The third-order valence-electron chi connectivity index (χ3n) is 4.04. The van der Waals surface area contributed by atoms with E-state index in [1.807, 2.05) is 6.92 Å². The Morgan fingerprint density at radius 3 is 2.66 bits per heavy atom. The van der Waals surface area contributed by atoms with Crippen molar-refractivity contribution in [2.24, 2.45) is 0 Å². The van der Waals surface area contributed by atoms with Gasteiger partial charge in [-0.05, 0) is 30.3 Å². The number of para-hydroxylation sites is 1. The van der Waals surface area contributed by atoms with Gasteiger partial charge in [-0.2, -0.15) is 0 Å². The molecule has 2 aromatic heterocycles. The summed E-state index contributed by atoms with van der Waals surface area (Å²) in [5, 5.41) is 6.27. The van der Waals surface area contributed by atoms with E-state index >= 15 is 0 Å². The molecule has 0 aliphatic carbocycles. The van der Waals surface area contributed by atoms with Crippen LogP contribution in [0.4, 0.5) is 11.5 Å². The fourth-order valence-corrected chi connectivity index (χ4v) is 3.25. The van der Waals surface area contributed by atoms with Crippen LogP contribution in [0.1, 0.15) is 22.8 Å². The molecule has 0 atom stereocenters. The van der Waals surface area contributed by atoms with Crippen molar-refractivity contribution in [3.8, 4) is 5.69 Å². The highest BCUT2D eigenvalue weighted by atomic mass is 35.5. The van der Waals surface area contributed by atoms with Crippen molar-refractivity contribution >= 4 is 40.6 Å². The second kappa shape index (κ2) is 9.04. The normalized spacial score (nSPS) is 10.7. The summed E-state index contributed by atoms with van der Waals surface area (Å²) in [4.78, 5) is 33.8. The molecule has 0 fully saturated rings. The number of anilines is 2. The number of hydrogen-bond donors (Lipinski definition) is 3. The van der Waals surface area contributed by atoms with Gasteiger partial charge in [-0.15, -0.1) is 0 Å². The number of amides is 1. The van der Waals surface area contributed by atoms with Gasteiger partial charge in [0.1, 0.15) is 17.7 Å². The molecule has 3 rings (SSSR count). The summed E-state index contributed by atoms with van der Waals surface area (Å²) in [5.41, 5.74) is 6.33. The maximum atomic E-state index is 13.0. The third kappa shape index (κ3) is 4.56. The van der Waals surface area contributed by atoms with Crippen LogP contribution in [0.15, 0.2) is 47.8 Å². The Kier molecular flexibility index (Phi) is 6.48. The minimum absolute atomic E-state index is 0.205. The number of aromatic nitrogens is 3. The number of nitrogens with zero attached hydrogens (tertiary/aromatic N) is 3. The van der Waals surface area contributed by atoms with Gasteiger partial charge in [-0.1, -0.05) is 36.2 Å². The van der Waals surface area contributed by atoms with E-state index in [-0.39, 0.29) is 27.1 Å². The monoisotopic (exact) mass is 432 g/mol. The number of halogens is 2. The van der Waals surface area contributed by atoms with Crippen molar-refractivity contribution in [3.05, 3.63) is 74.5 Å². The average Bonchev–Trinajstić information content (AvgIpc) is 2.68. The van der Waals surface area contributed by atoms with Crippen LogP contribution in [0.25, 0.3) is 5.69 Å². The largest absolute Gasteiger partial charge is 0.383 e. The third-order valence-corrected chi connectivity index (χ3v) is 4.65. The summed E-state index contributed by atoms with van der Waals surface area (Å²) in [6, 6.07) is 6.55. The Morgan fingerprint density at radius 2 is 1.97 bits per heavy atom. The first-order valence-electron chi connectivity index (χ1n) is 8.69. The lowest BCUT2D eigenvalue weighted by atomic mass is 10.2. The lowest BCUT2D eigenvalue weighted by Crippen LogP contribution is -2.31. The van der Waals surface area contributed by atoms with Crippen LogP contribution in [0, 0.1) is 0 Å². The van der Waals surface area contributed by atoms with Crippen LogP contribution in [0.2, 0.25) is 10.0 Å². The number of nitrogens with two attached hydrogens (primary N) is 1. The summed E-state index contributed by atoms with van der Waals surface area (Å²) < 4.78 is 1.09. The number of hydrogen-bond acceptors (Lipinski definition) is 6. The van der Waals surface area contributed by atoms with Crippen molar-refractivity contribution < 1.29 is 4.79 Å². The minimum Gasteiger partial charge on any atom is -0.383 e. The number of nitrogens with one attached hydrogen (secondary N) is 2. The molecule has 29 heavy (non-hydrogen) atoms. The Balaban J connectivity index is 1.97. The molecule has 150 valence electrons. The molecule has 0 aliphatic heterocycles. The Bertz CT molecular complexity index is 1100. The summed E-state index contributed by atoms with van der Waals surface area (Å²) in [6.07, 6.45) is 4.34. The highest BCUT2D eigenvalue weighted by Crippen LogP contribution is 2.27. The van der Waals surface area contributed by atoms with E-state index in [9.17, 15) is 9.59 Å². The predicted octanol–water partition coefficient (Wildman–Crippen LogP) is 2.88. The van der Waals surface area contributed by atoms with Crippen molar-refractivity contribution in [3.63, 3.8) is 0 Å². The molecule has 4 N–H and O–H groups in total. The Labute approximate surface area is 176 Å². The van der Waals surface area contributed by atoms with E-state index in [4.69, 9.17) is 28.9 Å². The van der Waals surface area contributed by atoms with E-state index in [2.05, 4.69) is 20.6 Å². The standard InChI is InChI=1S/C19H18Cl2N6O2/c1-2-23-7-11-6-12(9-24-8-11)26-18(28)15-17(22)25-10-27(19(15)29)16-13(20)4-3-5-14(16)21/h3-6,8-10,23H,2,7,22H2,1H3,(H,26,28). The first-order valence-corrected chi connectivity index (χ1v) is 9.45. The second-order valence-corrected chi connectivity index (χ2v) is 6.88. The Hall–Kier alpha value is -2.94. The predicted molar refractivity (Wildman–Crippen MR) is 114 cm³/mol. The fourth-order valence-electron chi connectivity index (χ4n) is 2.67. The molecule has 1 amide bonds. The van der Waals surface area contributed by atoms with Crippen LogP contribution in [0.5, 0.6) is 0 Å². The van der Waals surface area contributed by atoms with Gasteiger partial charge >= 0.3 is 0 Å². The average molecular weight is 433 g/mol. The van der Waals surface area contributed by atoms with Crippen molar-refractivity contribution in [2.45, 2.75) is 13.5 Å². The first kappa shape index (κ1) is 20.8. The van der Waals surface area contributed by atoms with Crippen LogP contribution in [-0.4, -0.2) is 27.0 Å².